The van der Waals surface area contributed by atoms with Gasteiger partial charge in [0.05, 0.1) is 0 Å². The van der Waals surface area contributed by atoms with E-state index in [2.05, 4.69) is 19.9 Å². The highest BCUT2D eigenvalue weighted by Gasteiger charge is 2.30. The van der Waals surface area contributed by atoms with Gasteiger partial charge in [0.25, 0.3) is 0 Å². The maximum atomic E-state index is 13.8. The van der Waals surface area contributed by atoms with Crippen LogP contribution in [0.5, 0.6) is 0 Å². The molecule has 88 valence electrons. The van der Waals surface area contributed by atoms with E-state index < -0.39 is 5.67 Å². The van der Waals surface area contributed by atoms with Crippen LogP contribution in [-0.2, 0) is 5.67 Å². The number of alkyl halides is 1. The van der Waals surface area contributed by atoms with Crippen molar-refractivity contribution in [2.75, 3.05) is 0 Å². The Morgan fingerprint density at radius 1 is 1.31 bits per heavy atom. The summed E-state index contributed by atoms with van der Waals surface area (Å²) in [7, 11) is 0. The quantitative estimate of drug-likeness (QED) is 0.691. The number of rotatable bonds is 3. The van der Waals surface area contributed by atoms with E-state index in [1.807, 2.05) is 12.1 Å². The lowest BCUT2D eigenvalue weighted by molar-refractivity contribution is 0.221. The lowest BCUT2D eigenvalue weighted by Gasteiger charge is -2.19. The minimum atomic E-state index is -1.23. The molecule has 1 aromatic carbocycles. The molecule has 16 heavy (non-hydrogen) atoms. The number of halogens is 1. The number of aryl methyl sites for hydroxylation is 1. The third kappa shape index (κ3) is 2.28. The highest BCUT2D eigenvalue weighted by Crippen LogP contribution is 2.43. The predicted molar refractivity (Wildman–Crippen MR) is 66.5 cm³/mol. The number of hydrogen-bond donors (Lipinski definition) is 0. The summed E-state index contributed by atoms with van der Waals surface area (Å²) in [5, 5.41) is 0. The van der Waals surface area contributed by atoms with Gasteiger partial charge in [-0.2, -0.15) is 0 Å². The van der Waals surface area contributed by atoms with E-state index in [0.29, 0.717) is 5.92 Å². The van der Waals surface area contributed by atoms with Crippen molar-refractivity contribution in [2.24, 2.45) is 5.92 Å². The Hall–Kier alpha value is -0.850. The molecule has 0 spiro atoms. The van der Waals surface area contributed by atoms with Gasteiger partial charge in [0.1, 0.15) is 5.67 Å². The fraction of sp³-hybridized carbons (Fsp3) is 0.600. The smallest absolute Gasteiger partial charge is 0.130 e. The molecular weight excluding hydrogens is 199 g/mol. The van der Waals surface area contributed by atoms with E-state index in [1.54, 1.807) is 13.8 Å². The molecule has 0 heterocycles. The van der Waals surface area contributed by atoms with Gasteiger partial charge in [-0.25, -0.2) is 4.39 Å². The van der Waals surface area contributed by atoms with Gasteiger partial charge < -0.3 is 0 Å². The number of hydrogen-bond acceptors (Lipinski definition) is 0. The molecule has 0 saturated heterocycles. The average Bonchev–Trinajstić information content (AvgIpc) is 2.98. The molecule has 0 N–H and O–H groups in total. The molecule has 0 nitrogen and oxygen atoms in total. The van der Waals surface area contributed by atoms with Crippen molar-refractivity contribution in [3.05, 3.63) is 34.9 Å². The summed E-state index contributed by atoms with van der Waals surface area (Å²) in [5.41, 5.74) is 2.20. The maximum Gasteiger partial charge on any atom is 0.130 e. The minimum Gasteiger partial charge on any atom is -0.239 e. The zero-order valence-corrected chi connectivity index (χ0v) is 10.7. The molecule has 1 fully saturated rings. The van der Waals surface area contributed by atoms with E-state index >= 15 is 0 Å². The Morgan fingerprint density at radius 3 is 2.38 bits per heavy atom. The summed E-state index contributed by atoms with van der Waals surface area (Å²) in [6.45, 7) is 7.63. The monoisotopic (exact) mass is 220 g/mol. The first kappa shape index (κ1) is 11.6. The summed E-state index contributed by atoms with van der Waals surface area (Å²) in [6, 6.07) is 6.07. The molecule has 1 aliphatic rings. The van der Waals surface area contributed by atoms with Crippen molar-refractivity contribution in [2.45, 2.75) is 52.1 Å². The summed E-state index contributed by atoms with van der Waals surface area (Å²) >= 11 is 0. The molecule has 0 bridgehead atoms. The molecular formula is C15H21F. The highest BCUT2D eigenvalue weighted by atomic mass is 19.1. The SMILES string of the molecule is Cc1cc(C(C)(C)F)ccc1[C@H](C)C1CC1. The van der Waals surface area contributed by atoms with E-state index in [-0.39, 0.29) is 0 Å². The first-order chi connectivity index (χ1) is 7.39. The number of benzene rings is 1. The Balaban J connectivity index is 2.29. The summed E-state index contributed by atoms with van der Waals surface area (Å²) < 4.78 is 13.8. The van der Waals surface area contributed by atoms with Crippen LogP contribution in [0, 0.1) is 12.8 Å². The molecule has 1 aliphatic carbocycles. The van der Waals surface area contributed by atoms with Crippen LogP contribution in [-0.4, -0.2) is 0 Å². The molecule has 0 aromatic heterocycles. The molecule has 1 heteroatoms. The largest absolute Gasteiger partial charge is 0.239 e. The fourth-order valence-electron chi connectivity index (χ4n) is 2.41. The second-order valence-electron chi connectivity index (χ2n) is 5.67. The molecule has 1 saturated carbocycles. The van der Waals surface area contributed by atoms with Crippen molar-refractivity contribution in [1.29, 1.82) is 0 Å². The third-order valence-corrected chi connectivity index (χ3v) is 3.78. The molecule has 0 aliphatic heterocycles. The Bertz CT molecular complexity index is 383. The van der Waals surface area contributed by atoms with Gasteiger partial charge in [-0.05, 0) is 62.1 Å². The van der Waals surface area contributed by atoms with Gasteiger partial charge >= 0.3 is 0 Å². The van der Waals surface area contributed by atoms with Gasteiger partial charge in [0, 0.05) is 0 Å². The lowest BCUT2D eigenvalue weighted by Crippen LogP contribution is -2.10. The van der Waals surface area contributed by atoms with Crippen LogP contribution in [0.2, 0.25) is 0 Å². The molecule has 0 unspecified atom stereocenters. The van der Waals surface area contributed by atoms with Gasteiger partial charge in [0.15, 0.2) is 0 Å². The van der Waals surface area contributed by atoms with Gasteiger partial charge in [0.2, 0.25) is 0 Å². The van der Waals surface area contributed by atoms with Crippen molar-refractivity contribution < 1.29 is 4.39 Å². The van der Waals surface area contributed by atoms with Crippen molar-refractivity contribution in [3.8, 4) is 0 Å². The Kier molecular flexibility index (Phi) is 2.81. The van der Waals surface area contributed by atoms with Crippen molar-refractivity contribution in [3.63, 3.8) is 0 Å². The highest BCUT2D eigenvalue weighted by molar-refractivity contribution is 5.36. The molecule has 0 radical (unpaired) electrons. The second-order valence-corrected chi connectivity index (χ2v) is 5.67. The standard InChI is InChI=1S/C15H21F/c1-10-9-13(15(3,4)16)7-8-14(10)11(2)12-5-6-12/h7-9,11-12H,5-6H2,1-4H3/t11-/m1/s1. The summed E-state index contributed by atoms with van der Waals surface area (Å²) in [4.78, 5) is 0. The maximum absolute atomic E-state index is 13.8. The van der Waals surface area contributed by atoms with Gasteiger partial charge in [-0.3, -0.25) is 0 Å². The van der Waals surface area contributed by atoms with Crippen LogP contribution in [0.1, 0.15) is 56.2 Å². The summed E-state index contributed by atoms with van der Waals surface area (Å²) in [5.74, 6) is 1.50. The van der Waals surface area contributed by atoms with Gasteiger partial charge in [-0.15, -0.1) is 0 Å². The summed E-state index contributed by atoms with van der Waals surface area (Å²) in [6.07, 6.45) is 2.72. The van der Waals surface area contributed by atoms with Crippen LogP contribution in [0.4, 0.5) is 4.39 Å². The molecule has 1 aromatic rings. The predicted octanol–water partition coefficient (Wildman–Crippen LogP) is 4.71. The Labute approximate surface area is 97.9 Å². The zero-order chi connectivity index (χ0) is 11.9. The normalized spacial score (nSPS) is 18.6. The van der Waals surface area contributed by atoms with E-state index in [0.717, 1.165) is 11.5 Å². The van der Waals surface area contributed by atoms with Crippen LogP contribution in [0.3, 0.4) is 0 Å². The third-order valence-electron chi connectivity index (χ3n) is 3.78. The molecule has 2 rings (SSSR count). The van der Waals surface area contributed by atoms with Crippen molar-refractivity contribution >= 4 is 0 Å². The average molecular weight is 220 g/mol. The lowest BCUT2D eigenvalue weighted by atomic mass is 9.89. The van der Waals surface area contributed by atoms with Gasteiger partial charge in [-0.1, -0.05) is 25.1 Å². The first-order valence-corrected chi connectivity index (χ1v) is 6.19. The van der Waals surface area contributed by atoms with Crippen molar-refractivity contribution in [1.82, 2.24) is 0 Å². The van der Waals surface area contributed by atoms with Crippen LogP contribution in [0.15, 0.2) is 18.2 Å². The van der Waals surface area contributed by atoms with E-state index in [1.165, 1.54) is 24.0 Å². The van der Waals surface area contributed by atoms with Crippen LogP contribution >= 0.6 is 0 Å². The Morgan fingerprint density at radius 2 is 1.94 bits per heavy atom. The van der Waals surface area contributed by atoms with Crippen LogP contribution in [0.25, 0.3) is 0 Å². The van der Waals surface area contributed by atoms with E-state index in [9.17, 15) is 4.39 Å². The zero-order valence-electron chi connectivity index (χ0n) is 10.7. The topological polar surface area (TPSA) is 0 Å². The molecule has 0 amide bonds. The van der Waals surface area contributed by atoms with E-state index in [4.69, 9.17) is 0 Å². The minimum absolute atomic E-state index is 0.636. The first-order valence-electron chi connectivity index (χ1n) is 6.19. The fourth-order valence-corrected chi connectivity index (χ4v) is 2.41. The molecule has 1 atom stereocenters. The second kappa shape index (κ2) is 3.87. The van der Waals surface area contributed by atoms with Crippen LogP contribution < -0.4 is 0 Å².